The van der Waals surface area contributed by atoms with Crippen LogP contribution in [0.25, 0.3) is 0 Å². The van der Waals surface area contributed by atoms with Gasteiger partial charge in [-0.3, -0.25) is 0 Å². The van der Waals surface area contributed by atoms with E-state index in [1.54, 1.807) is 0 Å². The summed E-state index contributed by atoms with van der Waals surface area (Å²) < 4.78 is 11.4. The minimum absolute atomic E-state index is 0.241. The predicted molar refractivity (Wildman–Crippen MR) is 56.6 cm³/mol. The third-order valence-electron chi connectivity index (χ3n) is 3.61. The lowest BCUT2D eigenvalue weighted by Gasteiger charge is -2.38. The van der Waals surface area contributed by atoms with Gasteiger partial charge in [0.2, 0.25) is 0 Å². The molecule has 1 saturated carbocycles. The molecule has 15 heavy (non-hydrogen) atoms. The van der Waals surface area contributed by atoms with E-state index in [9.17, 15) is 0 Å². The summed E-state index contributed by atoms with van der Waals surface area (Å²) in [6.45, 7) is 2.50. The molecule has 1 aliphatic carbocycles. The Morgan fingerprint density at radius 3 is 2.40 bits per heavy atom. The largest absolute Gasteiger partial charge is 0.395 e. The standard InChI is InChI=1S/C11H21NO3/c1-12(6-7-13)10-2-4-11(5-3-10)14-8-9-15-11/h10,13H,2-9H2,1H3. The smallest absolute Gasteiger partial charge is 0.168 e. The van der Waals surface area contributed by atoms with E-state index in [0.29, 0.717) is 6.04 Å². The molecule has 0 radical (unpaired) electrons. The van der Waals surface area contributed by atoms with E-state index < -0.39 is 0 Å². The van der Waals surface area contributed by atoms with Gasteiger partial charge in [-0.15, -0.1) is 0 Å². The van der Waals surface area contributed by atoms with Crippen molar-refractivity contribution in [3.05, 3.63) is 0 Å². The SMILES string of the molecule is CN(CCO)C1CCC2(CC1)OCCO2. The lowest BCUT2D eigenvalue weighted by molar-refractivity contribution is -0.183. The zero-order valence-electron chi connectivity index (χ0n) is 9.45. The van der Waals surface area contributed by atoms with E-state index >= 15 is 0 Å². The summed E-state index contributed by atoms with van der Waals surface area (Å²) in [5.74, 6) is -0.253. The Morgan fingerprint density at radius 2 is 1.87 bits per heavy atom. The molecule has 1 N–H and O–H groups in total. The highest BCUT2D eigenvalue weighted by Gasteiger charge is 2.40. The van der Waals surface area contributed by atoms with Gasteiger partial charge < -0.3 is 19.5 Å². The van der Waals surface area contributed by atoms with Gasteiger partial charge in [0.25, 0.3) is 0 Å². The van der Waals surface area contributed by atoms with Gasteiger partial charge in [-0.2, -0.15) is 0 Å². The highest BCUT2D eigenvalue weighted by atomic mass is 16.7. The summed E-state index contributed by atoms with van der Waals surface area (Å²) in [6.07, 6.45) is 4.20. The normalized spacial score (nSPS) is 26.6. The lowest BCUT2D eigenvalue weighted by atomic mass is 9.89. The molecule has 4 heteroatoms. The van der Waals surface area contributed by atoms with Crippen LogP contribution in [0.5, 0.6) is 0 Å². The molecule has 0 amide bonds. The van der Waals surface area contributed by atoms with E-state index in [1.165, 1.54) is 0 Å². The van der Waals surface area contributed by atoms with E-state index in [-0.39, 0.29) is 12.4 Å². The second-order valence-corrected chi connectivity index (χ2v) is 4.54. The van der Waals surface area contributed by atoms with Crippen LogP contribution in [0.2, 0.25) is 0 Å². The second-order valence-electron chi connectivity index (χ2n) is 4.54. The van der Waals surface area contributed by atoms with Crippen LogP contribution in [0.15, 0.2) is 0 Å². The Balaban J connectivity index is 1.81. The van der Waals surface area contributed by atoms with Crippen molar-refractivity contribution in [2.24, 2.45) is 0 Å². The monoisotopic (exact) mass is 215 g/mol. The van der Waals surface area contributed by atoms with E-state index in [1.807, 2.05) is 0 Å². The Kier molecular flexibility index (Phi) is 3.61. The van der Waals surface area contributed by atoms with Crippen LogP contribution < -0.4 is 0 Å². The quantitative estimate of drug-likeness (QED) is 0.748. The molecule has 4 nitrogen and oxygen atoms in total. The molecule has 0 unspecified atom stereocenters. The predicted octanol–water partition coefficient (Wildman–Crippen LogP) is 0.596. The van der Waals surface area contributed by atoms with E-state index in [2.05, 4.69) is 11.9 Å². The molecule has 1 saturated heterocycles. The highest BCUT2D eigenvalue weighted by Crippen LogP contribution is 2.36. The number of ether oxygens (including phenoxy) is 2. The molecular formula is C11H21NO3. The first kappa shape index (κ1) is 11.3. The average molecular weight is 215 g/mol. The summed E-state index contributed by atoms with van der Waals surface area (Å²) in [7, 11) is 2.08. The first-order chi connectivity index (χ1) is 7.26. The third kappa shape index (κ3) is 2.50. The minimum atomic E-state index is -0.253. The molecule has 1 aliphatic heterocycles. The Morgan fingerprint density at radius 1 is 1.27 bits per heavy atom. The van der Waals surface area contributed by atoms with Crippen molar-refractivity contribution in [1.82, 2.24) is 4.90 Å². The third-order valence-corrected chi connectivity index (χ3v) is 3.61. The Labute approximate surface area is 91.2 Å². The van der Waals surface area contributed by atoms with Crippen LogP contribution in [0.1, 0.15) is 25.7 Å². The molecule has 2 aliphatic rings. The van der Waals surface area contributed by atoms with E-state index in [0.717, 1.165) is 45.4 Å². The van der Waals surface area contributed by atoms with Gasteiger partial charge in [-0.25, -0.2) is 0 Å². The van der Waals surface area contributed by atoms with Crippen molar-refractivity contribution in [2.75, 3.05) is 33.4 Å². The second kappa shape index (κ2) is 4.78. The number of hydrogen-bond donors (Lipinski definition) is 1. The number of hydrogen-bond acceptors (Lipinski definition) is 4. The number of likely N-dealkylation sites (N-methyl/N-ethyl adjacent to an activating group) is 1. The van der Waals surface area contributed by atoms with Crippen molar-refractivity contribution in [3.63, 3.8) is 0 Å². The van der Waals surface area contributed by atoms with Gasteiger partial charge >= 0.3 is 0 Å². The number of aliphatic hydroxyl groups is 1. The summed E-state index contributed by atoms with van der Waals surface area (Å²) in [5, 5.41) is 8.88. The van der Waals surface area contributed by atoms with Gasteiger partial charge in [0.15, 0.2) is 5.79 Å². The van der Waals surface area contributed by atoms with Crippen molar-refractivity contribution < 1.29 is 14.6 Å². The van der Waals surface area contributed by atoms with Gasteiger partial charge in [0.05, 0.1) is 19.8 Å². The number of rotatable bonds is 3. The van der Waals surface area contributed by atoms with Gasteiger partial charge in [0, 0.05) is 25.4 Å². The van der Waals surface area contributed by atoms with Crippen molar-refractivity contribution >= 4 is 0 Å². The lowest BCUT2D eigenvalue weighted by Crippen LogP contribution is -2.43. The van der Waals surface area contributed by atoms with Gasteiger partial charge in [-0.05, 0) is 19.9 Å². The molecule has 0 aromatic carbocycles. The fourth-order valence-electron chi connectivity index (χ4n) is 2.61. The zero-order chi connectivity index (χ0) is 10.7. The molecule has 0 bridgehead atoms. The van der Waals surface area contributed by atoms with Crippen molar-refractivity contribution in [3.8, 4) is 0 Å². The molecular weight excluding hydrogens is 194 g/mol. The maximum atomic E-state index is 8.88. The maximum absolute atomic E-state index is 8.88. The Bertz CT molecular complexity index is 194. The molecule has 88 valence electrons. The van der Waals surface area contributed by atoms with Gasteiger partial charge in [0.1, 0.15) is 0 Å². The van der Waals surface area contributed by atoms with Crippen LogP contribution >= 0.6 is 0 Å². The summed E-state index contributed by atoms with van der Waals surface area (Å²) in [5.41, 5.74) is 0. The summed E-state index contributed by atoms with van der Waals surface area (Å²) in [6, 6.07) is 0.579. The fourth-order valence-corrected chi connectivity index (χ4v) is 2.61. The first-order valence-electron chi connectivity index (χ1n) is 5.85. The van der Waals surface area contributed by atoms with Gasteiger partial charge in [-0.1, -0.05) is 0 Å². The first-order valence-corrected chi connectivity index (χ1v) is 5.85. The number of nitrogens with zero attached hydrogens (tertiary/aromatic N) is 1. The topological polar surface area (TPSA) is 41.9 Å². The summed E-state index contributed by atoms with van der Waals surface area (Å²) in [4.78, 5) is 2.24. The Hall–Kier alpha value is -0.160. The maximum Gasteiger partial charge on any atom is 0.168 e. The van der Waals surface area contributed by atoms with E-state index in [4.69, 9.17) is 14.6 Å². The molecule has 0 atom stereocenters. The van der Waals surface area contributed by atoms with Crippen LogP contribution in [-0.2, 0) is 9.47 Å². The molecule has 1 heterocycles. The summed E-state index contributed by atoms with van der Waals surface area (Å²) >= 11 is 0. The van der Waals surface area contributed by atoms with Crippen LogP contribution in [0.4, 0.5) is 0 Å². The minimum Gasteiger partial charge on any atom is -0.395 e. The number of aliphatic hydroxyl groups excluding tert-OH is 1. The molecule has 0 aromatic rings. The zero-order valence-corrected chi connectivity index (χ0v) is 9.45. The molecule has 0 aromatic heterocycles. The highest BCUT2D eigenvalue weighted by molar-refractivity contribution is 4.85. The van der Waals surface area contributed by atoms with Crippen LogP contribution in [-0.4, -0.2) is 55.2 Å². The molecule has 2 fully saturated rings. The average Bonchev–Trinajstić information content (AvgIpc) is 2.68. The van der Waals surface area contributed by atoms with Crippen LogP contribution in [0, 0.1) is 0 Å². The molecule has 1 spiro atoms. The van der Waals surface area contributed by atoms with Crippen molar-refractivity contribution in [1.29, 1.82) is 0 Å². The fraction of sp³-hybridized carbons (Fsp3) is 1.00. The van der Waals surface area contributed by atoms with Crippen molar-refractivity contribution in [2.45, 2.75) is 37.5 Å². The van der Waals surface area contributed by atoms with Crippen LogP contribution in [0.3, 0.4) is 0 Å². The molecule has 2 rings (SSSR count).